The topological polar surface area (TPSA) is 51.7 Å². The predicted octanol–water partition coefficient (Wildman–Crippen LogP) is 4.42. The van der Waals surface area contributed by atoms with Gasteiger partial charge < -0.3 is 9.47 Å². The molecule has 0 N–H and O–H groups in total. The molecule has 0 bridgehead atoms. The van der Waals surface area contributed by atoms with Crippen LogP contribution in [0.2, 0.25) is 0 Å². The van der Waals surface area contributed by atoms with Gasteiger partial charge in [-0.1, -0.05) is 12.1 Å². The molecule has 28 heavy (non-hydrogen) atoms. The molecule has 0 aliphatic carbocycles. The number of benzene rings is 1. The summed E-state index contributed by atoms with van der Waals surface area (Å²) in [7, 11) is 0. The maximum atomic E-state index is 13.0. The van der Waals surface area contributed by atoms with Crippen LogP contribution >= 0.6 is 11.3 Å². The average Bonchev–Trinajstić information content (AvgIpc) is 3.32. The van der Waals surface area contributed by atoms with Crippen molar-refractivity contribution < 1.29 is 14.3 Å². The van der Waals surface area contributed by atoms with Crippen molar-refractivity contribution in [2.75, 3.05) is 6.73 Å². The summed E-state index contributed by atoms with van der Waals surface area (Å²) in [4.78, 5) is 20.6. The number of carbonyl (C=O) groups is 1. The fourth-order valence-electron chi connectivity index (χ4n) is 3.61. The van der Waals surface area contributed by atoms with Gasteiger partial charge in [0, 0.05) is 30.4 Å². The Morgan fingerprint density at radius 1 is 1.32 bits per heavy atom. The van der Waals surface area contributed by atoms with E-state index in [2.05, 4.69) is 27.4 Å². The molecule has 0 spiro atoms. The summed E-state index contributed by atoms with van der Waals surface area (Å²) in [6.45, 7) is 3.94. The molecule has 4 heterocycles. The van der Waals surface area contributed by atoms with Crippen LogP contribution in [0.25, 0.3) is 6.08 Å². The van der Waals surface area contributed by atoms with Crippen molar-refractivity contribution in [3.63, 3.8) is 0 Å². The average molecular weight is 390 g/mol. The molecular weight excluding hydrogens is 372 g/mol. The van der Waals surface area contributed by atoms with Crippen LogP contribution in [0.5, 0.6) is 11.5 Å². The maximum Gasteiger partial charge on any atom is 0.232 e. The Kier molecular flexibility index (Phi) is 4.22. The van der Waals surface area contributed by atoms with Crippen LogP contribution < -0.4 is 9.47 Å². The molecule has 0 unspecified atom stereocenters. The van der Waals surface area contributed by atoms with Gasteiger partial charge in [-0.3, -0.25) is 14.7 Å². The lowest BCUT2D eigenvalue weighted by atomic mass is 9.98. The van der Waals surface area contributed by atoms with Crippen molar-refractivity contribution in [2.24, 2.45) is 0 Å². The fourth-order valence-corrected chi connectivity index (χ4v) is 4.36. The van der Waals surface area contributed by atoms with E-state index < -0.39 is 0 Å². The quantitative estimate of drug-likeness (QED) is 0.620. The van der Waals surface area contributed by atoms with E-state index in [0.717, 1.165) is 29.0 Å². The number of fused-ring (bicyclic) bond motifs is 3. The van der Waals surface area contributed by atoms with Crippen molar-refractivity contribution in [2.45, 2.75) is 20.0 Å². The molecule has 3 aromatic rings. The van der Waals surface area contributed by atoms with Crippen molar-refractivity contribution in [1.29, 1.82) is 0 Å². The van der Waals surface area contributed by atoms with Gasteiger partial charge in [-0.15, -0.1) is 11.3 Å². The molecule has 0 saturated carbocycles. The van der Waals surface area contributed by atoms with E-state index >= 15 is 0 Å². The van der Waals surface area contributed by atoms with Crippen LogP contribution in [0.1, 0.15) is 31.9 Å². The van der Waals surface area contributed by atoms with Crippen LogP contribution in [-0.4, -0.2) is 22.4 Å². The third kappa shape index (κ3) is 3.00. The van der Waals surface area contributed by atoms with Gasteiger partial charge in [0.05, 0.1) is 11.1 Å². The second-order valence-corrected chi connectivity index (χ2v) is 7.97. The second kappa shape index (κ2) is 6.89. The Bertz CT molecular complexity index is 1070. The lowest BCUT2D eigenvalue weighted by molar-refractivity contribution is 0.0881. The van der Waals surface area contributed by atoms with Crippen LogP contribution in [0.3, 0.4) is 0 Å². The Morgan fingerprint density at radius 2 is 2.25 bits per heavy atom. The molecule has 5 nitrogen and oxygen atoms in total. The summed E-state index contributed by atoms with van der Waals surface area (Å²) >= 11 is 1.73. The number of ketones is 1. The van der Waals surface area contributed by atoms with Crippen molar-refractivity contribution in [1.82, 2.24) is 9.88 Å². The van der Waals surface area contributed by atoms with E-state index in [9.17, 15) is 4.79 Å². The third-order valence-electron chi connectivity index (χ3n) is 4.93. The van der Waals surface area contributed by atoms with Gasteiger partial charge in [-0.05, 0) is 47.7 Å². The van der Waals surface area contributed by atoms with E-state index in [1.165, 1.54) is 4.88 Å². The lowest BCUT2D eigenvalue weighted by Gasteiger charge is -2.29. The van der Waals surface area contributed by atoms with E-state index in [0.29, 0.717) is 30.3 Å². The number of Topliss-reactive ketones (excluding diaryl/α,β-unsaturated/α-hetero) is 1. The molecule has 2 aliphatic rings. The summed E-state index contributed by atoms with van der Waals surface area (Å²) in [5.41, 5.74) is 3.28. The van der Waals surface area contributed by atoms with Crippen LogP contribution in [-0.2, 0) is 13.1 Å². The molecule has 0 radical (unpaired) electrons. The van der Waals surface area contributed by atoms with Gasteiger partial charge in [0.2, 0.25) is 5.78 Å². The molecule has 0 amide bonds. The maximum absolute atomic E-state index is 13.0. The molecule has 6 heteroatoms. The number of nitrogens with zero attached hydrogens (tertiary/aromatic N) is 2. The number of aryl methyl sites for hydroxylation is 1. The van der Waals surface area contributed by atoms with E-state index in [1.807, 2.05) is 25.1 Å². The highest BCUT2D eigenvalue weighted by Crippen LogP contribution is 2.44. The van der Waals surface area contributed by atoms with Crippen molar-refractivity contribution in [3.05, 3.63) is 81.0 Å². The molecule has 1 aromatic carbocycles. The number of carbonyl (C=O) groups excluding carboxylic acids is 1. The van der Waals surface area contributed by atoms with Crippen LogP contribution in [0, 0.1) is 6.92 Å². The van der Waals surface area contributed by atoms with Gasteiger partial charge in [-0.25, -0.2) is 0 Å². The van der Waals surface area contributed by atoms with Gasteiger partial charge in [0.15, 0.2) is 5.76 Å². The Hall–Kier alpha value is -2.96. The standard InChI is InChI=1S/C22H18N2O3S/c1-14-8-18-17(12-24(13-26-18)11-16-5-3-7-28-16)22-20(14)21(25)19(27-22)9-15-4-2-6-23-10-15/h2-10H,11-13H2,1H3/b19-9-. The fraction of sp³-hybridized carbons (Fsp3) is 0.182. The smallest absolute Gasteiger partial charge is 0.232 e. The SMILES string of the molecule is Cc1cc2c(c3c1C(=O)/C(=C/c1cccnc1)O3)CN(Cc1cccs1)CO2. The number of ether oxygens (including phenoxy) is 2. The summed E-state index contributed by atoms with van der Waals surface area (Å²) in [6.07, 6.45) is 5.16. The highest BCUT2D eigenvalue weighted by Gasteiger charge is 2.35. The minimum Gasteiger partial charge on any atom is -0.478 e. The molecular formula is C22H18N2O3S. The molecule has 0 atom stereocenters. The first kappa shape index (κ1) is 17.2. The van der Waals surface area contributed by atoms with Crippen molar-refractivity contribution >= 4 is 23.2 Å². The normalized spacial score (nSPS) is 17.2. The first-order valence-corrected chi connectivity index (χ1v) is 9.95. The van der Waals surface area contributed by atoms with Gasteiger partial charge >= 0.3 is 0 Å². The first-order valence-electron chi connectivity index (χ1n) is 9.07. The van der Waals surface area contributed by atoms with Crippen LogP contribution in [0.15, 0.2) is 53.9 Å². The largest absolute Gasteiger partial charge is 0.478 e. The zero-order valence-corrected chi connectivity index (χ0v) is 16.2. The summed E-state index contributed by atoms with van der Waals surface area (Å²) in [5.74, 6) is 1.67. The molecule has 0 fully saturated rings. The molecule has 5 rings (SSSR count). The van der Waals surface area contributed by atoms with Crippen LogP contribution in [0.4, 0.5) is 0 Å². The number of hydrogen-bond donors (Lipinski definition) is 0. The number of thiophene rings is 1. The van der Waals surface area contributed by atoms with Gasteiger partial charge in [0.25, 0.3) is 0 Å². The second-order valence-electron chi connectivity index (χ2n) is 6.94. The Balaban J connectivity index is 1.49. The summed E-state index contributed by atoms with van der Waals surface area (Å²) in [5, 5.41) is 2.08. The molecule has 140 valence electrons. The van der Waals surface area contributed by atoms with E-state index in [4.69, 9.17) is 9.47 Å². The van der Waals surface area contributed by atoms with Gasteiger partial charge in [-0.2, -0.15) is 0 Å². The first-order chi connectivity index (χ1) is 13.7. The highest BCUT2D eigenvalue weighted by atomic mass is 32.1. The van der Waals surface area contributed by atoms with Gasteiger partial charge in [0.1, 0.15) is 18.2 Å². The molecule has 0 saturated heterocycles. The highest BCUT2D eigenvalue weighted by molar-refractivity contribution is 7.09. The predicted molar refractivity (Wildman–Crippen MR) is 107 cm³/mol. The molecule has 2 aromatic heterocycles. The number of allylic oxidation sites excluding steroid dienone is 1. The zero-order valence-electron chi connectivity index (χ0n) is 15.3. The summed E-state index contributed by atoms with van der Waals surface area (Å²) < 4.78 is 12.1. The Morgan fingerprint density at radius 3 is 3.04 bits per heavy atom. The monoisotopic (exact) mass is 390 g/mol. The number of rotatable bonds is 3. The number of hydrogen-bond acceptors (Lipinski definition) is 6. The third-order valence-corrected chi connectivity index (χ3v) is 5.79. The van der Waals surface area contributed by atoms with E-state index in [-0.39, 0.29) is 5.78 Å². The lowest BCUT2D eigenvalue weighted by Crippen LogP contribution is -2.31. The summed E-state index contributed by atoms with van der Waals surface area (Å²) in [6, 6.07) is 9.85. The minimum absolute atomic E-state index is 0.0884. The molecule has 2 aliphatic heterocycles. The van der Waals surface area contributed by atoms with Crippen molar-refractivity contribution in [3.8, 4) is 11.5 Å². The van der Waals surface area contributed by atoms with E-state index in [1.54, 1.807) is 29.8 Å². The zero-order chi connectivity index (χ0) is 19.1. The minimum atomic E-state index is -0.0884. The number of pyridine rings is 1. The number of aromatic nitrogens is 1. The Labute approximate surface area is 166 Å².